The molecule has 0 aromatic heterocycles. The SMILES string of the molecule is C[CH2][Sn]1([CH3])[CH2]CCC[CH2]1. The van der Waals surface area contributed by atoms with Gasteiger partial charge in [-0.3, -0.25) is 0 Å². The second kappa shape index (κ2) is 3.27. The topological polar surface area (TPSA) is 0 Å². The molecule has 0 bridgehead atoms. The van der Waals surface area contributed by atoms with E-state index in [0.717, 1.165) is 0 Å². The van der Waals surface area contributed by atoms with Gasteiger partial charge in [0, 0.05) is 0 Å². The first-order chi connectivity index (χ1) is 4.27. The van der Waals surface area contributed by atoms with E-state index in [2.05, 4.69) is 11.9 Å². The predicted molar refractivity (Wildman–Crippen MR) is 45.6 cm³/mol. The van der Waals surface area contributed by atoms with Crippen LogP contribution in [0.4, 0.5) is 0 Å². The molecule has 0 aliphatic carbocycles. The van der Waals surface area contributed by atoms with Gasteiger partial charge in [0.15, 0.2) is 0 Å². The molecule has 0 nitrogen and oxygen atoms in total. The Hall–Kier alpha value is 0.799. The van der Waals surface area contributed by atoms with Crippen LogP contribution in [-0.2, 0) is 0 Å². The Balaban J connectivity index is 2.37. The third-order valence-electron chi connectivity index (χ3n) is 2.91. The fourth-order valence-electron chi connectivity index (χ4n) is 1.76. The van der Waals surface area contributed by atoms with Gasteiger partial charge in [0.05, 0.1) is 0 Å². The molecule has 1 aliphatic rings. The standard InChI is InChI=1S/C5H10.C2H5.CH3.Sn/c1-3-5-4-2;1-2;;/h1-5H2;1H2,2H3;1H3;. The molecule has 1 rings (SSSR count). The maximum absolute atomic E-state index is 2.65. The summed E-state index contributed by atoms with van der Waals surface area (Å²) in [5.74, 6) is 0. The Morgan fingerprint density at radius 3 is 2.00 bits per heavy atom. The summed E-state index contributed by atoms with van der Waals surface area (Å²) in [6.45, 7) is 2.42. The van der Waals surface area contributed by atoms with Crippen molar-refractivity contribution in [1.29, 1.82) is 0 Å². The van der Waals surface area contributed by atoms with Crippen molar-refractivity contribution in [1.82, 2.24) is 0 Å². The molecule has 0 aromatic rings. The van der Waals surface area contributed by atoms with Crippen molar-refractivity contribution < 1.29 is 0 Å². The van der Waals surface area contributed by atoms with Gasteiger partial charge in [0.1, 0.15) is 0 Å². The Labute approximate surface area is 62.9 Å². The van der Waals surface area contributed by atoms with E-state index in [-0.39, 0.29) is 0 Å². The monoisotopic (exact) mass is 234 g/mol. The normalized spacial score (nSPS) is 26.0. The Morgan fingerprint density at radius 1 is 1.11 bits per heavy atom. The number of hydrogen-bond acceptors (Lipinski definition) is 0. The van der Waals surface area contributed by atoms with Crippen molar-refractivity contribution in [3.8, 4) is 0 Å². The summed E-state index contributed by atoms with van der Waals surface area (Å²) in [7, 11) is 0. The molecule has 1 heterocycles. The molecule has 9 heavy (non-hydrogen) atoms. The van der Waals surface area contributed by atoms with E-state index in [1.807, 2.05) is 0 Å². The van der Waals surface area contributed by atoms with Crippen LogP contribution in [0.1, 0.15) is 26.2 Å². The fourth-order valence-corrected chi connectivity index (χ4v) is 10.8. The van der Waals surface area contributed by atoms with Gasteiger partial charge in [0.25, 0.3) is 0 Å². The van der Waals surface area contributed by atoms with Gasteiger partial charge in [-0.15, -0.1) is 0 Å². The molecule has 1 saturated heterocycles. The number of hydrogen-bond donors (Lipinski definition) is 0. The second-order valence-electron chi connectivity index (χ2n) is 3.72. The van der Waals surface area contributed by atoms with Crippen LogP contribution in [0.15, 0.2) is 0 Å². The van der Waals surface area contributed by atoms with E-state index in [9.17, 15) is 0 Å². The minimum atomic E-state index is -1.29. The zero-order chi connectivity index (χ0) is 6.74. The third-order valence-corrected chi connectivity index (χ3v) is 16.7. The summed E-state index contributed by atoms with van der Waals surface area (Å²) in [6.07, 6.45) is 4.67. The first-order valence-corrected chi connectivity index (χ1v) is 13.2. The third kappa shape index (κ3) is 2.14. The molecule has 0 amide bonds. The molecule has 1 aliphatic heterocycles. The summed E-state index contributed by atoms with van der Waals surface area (Å²) in [6, 6.07) is 0. The zero-order valence-corrected chi connectivity index (χ0v) is 9.60. The molecule has 0 unspecified atom stereocenters. The molecule has 54 valence electrons. The molecular weight excluding hydrogens is 215 g/mol. The molecule has 1 heteroatoms. The molecule has 0 spiro atoms. The van der Waals surface area contributed by atoms with E-state index < -0.39 is 18.4 Å². The van der Waals surface area contributed by atoms with Crippen molar-refractivity contribution >= 4 is 18.4 Å². The van der Waals surface area contributed by atoms with E-state index in [1.54, 1.807) is 26.2 Å². The summed E-state index contributed by atoms with van der Waals surface area (Å²) in [4.78, 5) is 2.65. The van der Waals surface area contributed by atoms with Crippen LogP contribution in [0.5, 0.6) is 0 Å². The summed E-state index contributed by atoms with van der Waals surface area (Å²) >= 11 is -1.29. The Bertz CT molecular complexity index is 82.6. The van der Waals surface area contributed by atoms with Gasteiger partial charge >= 0.3 is 62.8 Å². The summed E-state index contributed by atoms with van der Waals surface area (Å²) in [5.41, 5.74) is 0. The Kier molecular flexibility index (Phi) is 2.87. The Morgan fingerprint density at radius 2 is 1.67 bits per heavy atom. The zero-order valence-electron chi connectivity index (χ0n) is 6.74. The van der Waals surface area contributed by atoms with E-state index in [4.69, 9.17) is 0 Å². The number of rotatable bonds is 1. The maximum atomic E-state index is 2.65. The fraction of sp³-hybridized carbons (Fsp3) is 1.00. The van der Waals surface area contributed by atoms with Crippen LogP contribution in [0.2, 0.25) is 18.2 Å². The van der Waals surface area contributed by atoms with Crippen molar-refractivity contribution in [2.24, 2.45) is 0 Å². The molecule has 0 atom stereocenters. The molecule has 0 saturated carbocycles. The quantitative estimate of drug-likeness (QED) is 0.609. The van der Waals surface area contributed by atoms with Crippen molar-refractivity contribution in [2.75, 3.05) is 0 Å². The summed E-state index contributed by atoms with van der Waals surface area (Å²) in [5, 5.41) is 0. The van der Waals surface area contributed by atoms with Crippen LogP contribution in [0.25, 0.3) is 0 Å². The van der Waals surface area contributed by atoms with Crippen molar-refractivity contribution in [2.45, 2.75) is 44.4 Å². The second-order valence-corrected chi connectivity index (χ2v) is 18.9. The van der Waals surface area contributed by atoms with Crippen LogP contribution >= 0.6 is 0 Å². The average molecular weight is 233 g/mol. The van der Waals surface area contributed by atoms with Gasteiger partial charge in [-0.25, -0.2) is 0 Å². The minimum absolute atomic E-state index is 1.29. The van der Waals surface area contributed by atoms with Gasteiger partial charge in [-0.05, 0) is 0 Å². The first kappa shape index (κ1) is 7.90. The van der Waals surface area contributed by atoms with Crippen LogP contribution in [-0.4, -0.2) is 18.4 Å². The van der Waals surface area contributed by atoms with Crippen LogP contribution in [0.3, 0.4) is 0 Å². The van der Waals surface area contributed by atoms with Crippen LogP contribution in [0, 0.1) is 0 Å². The van der Waals surface area contributed by atoms with E-state index >= 15 is 0 Å². The first-order valence-electron chi connectivity index (χ1n) is 4.27. The van der Waals surface area contributed by atoms with E-state index in [1.165, 1.54) is 6.42 Å². The van der Waals surface area contributed by atoms with E-state index in [0.29, 0.717) is 0 Å². The molecule has 1 fully saturated rings. The average Bonchev–Trinajstić information content (AvgIpc) is 1.90. The molecule has 0 N–H and O–H groups in total. The summed E-state index contributed by atoms with van der Waals surface area (Å²) < 4.78 is 4.96. The van der Waals surface area contributed by atoms with Gasteiger partial charge in [-0.2, -0.15) is 0 Å². The molecular formula is C8H18Sn. The molecule has 0 radical (unpaired) electrons. The molecule has 0 aromatic carbocycles. The van der Waals surface area contributed by atoms with Crippen molar-refractivity contribution in [3.05, 3.63) is 0 Å². The van der Waals surface area contributed by atoms with Crippen molar-refractivity contribution in [3.63, 3.8) is 0 Å². The van der Waals surface area contributed by atoms with Crippen LogP contribution < -0.4 is 0 Å². The van der Waals surface area contributed by atoms with Gasteiger partial charge in [0.2, 0.25) is 0 Å². The van der Waals surface area contributed by atoms with Gasteiger partial charge < -0.3 is 0 Å². The predicted octanol–water partition coefficient (Wildman–Crippen LogP) is 3.27. The van der Waals surface area contributed by atoms with Gasteiger partial charge in [-0.1, -0.05) is 0 Å².